The molecule has 8 nitrogen and oxygen atoms in total. The first-order valence-electron chi connectivity index (χ1n) is 14.7. The number of carbonyl (C=O) groups is 3. The zero-order valence-corrected chi connectivity index (χ0v) is 23.6. The third-order valence-electron chi connectivity index (χ3n) is 7.94. The van der Waals surface area contributed by atoms with Crippen LogP contribution in [0.1, 0.15) is 56.1 Å². The molecule has 0 aromatic heterocycles. The largest absolute Gasteiger partial charge is 0.463 e. The third kappa shape index (κ3) is 9.54. The van der Waals surface area contributed by atoms with Crippen molar-refractivity contribution in [2.75, 3.05) is 19.8 Å². The number of hydrogen-bond donors (Lipinski definition) is 3. The maximum atomic E-state index is 13.4. The van der Waals surface area contributed by atoms with Gasteiger partial charge in [-0.3, -0.25) is 14.4 Å². The standard InChI is InChI=1S/C33H42N2O6/c36-24-33(17-9-10-18-33)35-30(37)20-27-15-7-8-16-28(19-25-11-3-1-4-12-25)32(39)41-23-29(34-31(27)38)22-40-21-26-13-5-2-6-14-26/h1-8,11-14,27-29,36H,9-10,15-24H2,(H,34,38)(H,35,37)/t27-,28+,29+/m1/s1. The third-order valence-corrected chi connectivity index (χ3v) is 7.94. The monoisotopic (exact) mass is 562 g/mol. The lowest BCUT2D eigenvalue weighted by Gasteiger charge is -2.29. The van der Waals surface area contributed by atoms with E-state index in [1.165, 1.54) is 0 Å². The normalized spacial score (nSPS) is 23.1. The number of aliphatic hydroxyl groups is 1. The van der Waals surface area contributed by atoms with E-state index in [-0.39, 0.29) is 49.9 Å². The van der Waals surface area contributed by atoms with E-state index in [1.54, 1.807) is 0 Å². The Balaban J connectivity index is 1.46. The van der Waals surface area contributed by atoms with Crippen LogP contribution < -0.4 is 10.6 Å². The summed E-state index contributed by atoms with van der Waals surface area (Å²) in [7, 11) is 0. The number of allylic oxidation sites excluding steroid dienone is 2. The van der Waals surface area contributed by atoms with Crippen molar-refractivity contribution in [3.8, 4) is 0 Å². The van der Waals surface area contributed by atoms with Gasteiger partial charge in [0.15, 0.2) is 0 Å². The number of ether oxygens (including phenoxy) is 2. The predicted molar refractivity (Wildman–Crippen MR) is 156 cm³/mol. The Labute approximate surface area is 242 Å². The van der Waals surface area contributed by atoms with E-state index in [1.807, 2.05) is 72.8 Å². The van der Waals surface area contributed by atoms with Crippen molar-refractivity contribution < 1.29 is 29.0 Å². The molecule has 0 bridgehead atoms. The van der Waals surface area contributed by atoms with Gasteiger partial charge in [-0.15, -0.1) is 0 Å². The summed E-state index contributed by atoms with van der Waals surface area (Å²) >= 11 is 0. The van der Waals surface area contributed by atoms with Crippen molar-refractivity contribution in [3.05, 3.63) is 83.9 Å². The molecule has 2 aromatic rings. The SMILES string of the molecule is O=C(C[C@H]1CC=CC[C@@H](Cc2ccccc2)C(=O)OC[C@H](COCc2ccccc2)NC1=O)NC1(CO)CCCC1. The molecule has 3 atom stereocenters. The van der Waals surface area contributed by atoms with Crippen molar-refractivity contribution in [2.24, 2.45) is 11.8 Å². The zero-order chi connectivity index (χ0) is 28.9. The molecule has 2 aromatic carbocycles. The summed E-state index contributed by atoms with van der Waals surface area (Å²) in [6, 6.07) is 19.0. The van der Waals surface area contributed by atoms with E-state index in [2.05, 4.69) is 10.6 Å². The molecule has 220 valence electrons. The van der Waals surface area contributed by atoms with E-state index in [0.717, 1.165) is 36.8 Å². The van der Waals surface area contributed by atoms with E-state index in [0.29, 0.717) is 25.9 Å². The molecular formula is C33H42N2O6. The van der Waals surface area contributed by atoms with Crippen LogP contribution in [0.4, 0.5) is 0 Å². The quantitative estimate of drug-likeness (QED) is 0.299. The number of esters is 1. The van der Waals surface area contributed by atoms with Gasteiger partial charge >= 0.3 is 5.97 Å². The molecule has 3 N–H and O–H groups in total. The molecule has 0 saturated heterocycles. The average Bonchev–Trinajstić information content (AvgIpc) is 3.45. The fraction of sp³-hybridized carbons (Fsp3) is 0.485. The summed E-state index contributed by atoms with van der Waals surface area (Å²) in [5.74, 6) is -1.83. The van der Waals surface area contributed by atoms with Crippen molar-refractivity contribution in [3.63, 3.8) is 0 Å². The van der Waals surface area contributed by atoms with Gasteiger partial charge in [-0.25, -0.2) is 0 Å². The van der Waals surface area contributed by atoms with Gasteiger partial charge in [-0.1, -0.05) is 85.7 Å². The van der Waals surface area contributed by atoms with Crippen LogP contribution in [0.15, 0.2) is 72.8 Å². The molecule has 0 radical (unpaired) electrons. The van der Waals surface area contributed by atoms with Crippen LogP contribution in [0.2, 0.25) is 0 Å². The molecule has 41 heavy (non-hydrogen) atoms. The van der Waals surface area contributed by atoms with Gasteiger partial charge in [-0.05, 0) is 43.2 Å². The number of amides is 2. The lowest BCUT2D eigenvalue weighted by Crippen LogP contribution is -2.51. The summed E-state index contributed by atoms with van der Waals surface area (Å²) in [6.45, 7) is 0.376. The molecule has 1 aliphatic carbocycles. The highest BCUT2D eigenvalue weighted by molar-refractivity contribution is 5.86. The maximum Gasteiger partial charge on any atom is 0.309 e. The van der Waals surface area contributed by atoms with Crippen molar-refractivity contribution in [1.82, 2.24) is 10.6 Å². The smallest absolute Gasteiger partial charge is 0.309 e. The number of cyclic esters (lactones) is 1. The first kappa shape index (κ1) is 30.5. The van der Waals surface area contributed by atoms with Crippen molar-refractivity contribution in [1.29, 1.82) is 0 Å². The lowest BCUT2D eigenvalue weighted by atomic mass is 9.93. The summed E-state index contributed by atoms with van der Waals surface area (Å²) in [4.78, 5) is 39.6. The summed E-state index contributed by atoms with van der Waals surface area (Å²) in [5.41, 5.74) is 1.45. The highest BCUT2D eigenvalue weighted by Gasteiger charge is 2.36. The molecule has 0 spiro atoms. The first-order chi connectivity index (χ1) is 20.0. The lowest BCUT2D eigenvalue weighted by molar-refractivity contribution is -0.150. The Morgan fingerprint density at radius 1 is 0.951 bits per heavy atom. The minimum absolute atomic E-state index is 0.00273. The van der Waals surface area contributed by atoms with E-state index < -0.39 is 17.5 Å². The van der Waals surface area contributed by atoms with Crippen LogP contribution in [0.5, 0.6) is 0 Å². The molecule has 1 aliphatic heterocycles. The van der Waals surface area contributed by atoms with Gasteiger partial charge in [-0.2, -0.15) is 0 Å². The second kappa shape index (κ2) is 15.5. The van der Waals surface area contributed by atoms with Crippen LogP contribution in [-0.4, -0.2) is 54.3 Å². The predicted octanol–water partition coefficient (Wildman–Crippen LogP) is 3.87. The van der Waals surface area contributed by atoms with E-state index in [9.17, 15) is 19.5 Å². The number of nitrogens with one attached hydrogen (secondary N) is 2. The molecule has 2 amide bonds. The second-order valence-electron chi connectivity index (χ2n) is 11.3. The number of aliphatic hydroxyl groups excluding tert-OH is 1. The topological polar surface area (TPSA) is 114 Å². The minimum atomic E-state index is -0.609. The fourth-order valence-electron chi connectivity index (χ4n) is 5.55. The van der Waals surface area contributed by atoms with Gasteiger partial charge in [0.25, 0.3) is 0 Å². The van der Waals surface area contributed by atoms with Crippen LogP contribution in [0, 0.1) is 11.8 Å². The Bertz CT molecular complexity index is 1150. The Morgan fingerprint density at radius 2 is 1.59 bits per heavy atom. The molecular weight excluding hydrogens is 520 g/mol. The molecule has 0 unspecified atom stereocenters. The highest BCUT2D eigenvalue weighted by atomic mass is 16.5. The molecule has 1 heterocycles. The van der Waals surface area contributed by atoms with Crippen LogP contribution in [0.25, 0.3) is 0 Å². The fourth-order valence-corrected chi connectivity index (χ4v) is 5.55. The number of carbonyl (C=O) groups excluding carboxylic acids is 3. The minimum Gasteiger partial charge on any atom is -0.463 e. The molecule has 2 aliphatic rings. The van der Waals surface area contributed by atoms with Crippen LogP contribution in [-0.2, 0) is 36.9 Å². The van der Waals surface area contributed by atoms with Crippen molar-refractivity contribution >= 4 is 17.8 Å². The second-order valence-corrected chi connectivity index (χ2v) is 11.3. The van der Waals surface area contributed by atoms with Crippen LogP contribution in [0.3, 0.4) is 0 Å². The number of hydrogen-bond acceptors (Lipinski definition) is 6. The van der Waals surface area contributed by atoms with Gasteiger partial charge in [0.05, 0.1) is 43.2 Å². The Morgan fingerprint density at radius 3 is 2.24 bits per heavy atom. The van der Waals surface area contributed by atoms with Gasteiger partial charge in [0.2, 0.25) is 11.8 Å². The molecule has 1 saturated carbocycles. The first-order valence-corrected chi connectivity index (χ1v) is 14.7. The summed E-state index contributed by atoms with van der Waals surface area (Å²) in [6.07, 6.45) is 8.55. The van der Waals surface area contributed by atoms with Gasteiger partial charge in [0.1, 0.15) is 6.61 Å². The average molecular weight is 563 g/mol. The Kier molecular flexibility index (Phi) is 11.5. The van der Waals surface area contributed by atoms with Crippen molar-refractivity contribution in [2.45, 2.75) is 69.6 Å². The number of rotatable bonds is 10. The van der Waals surface area contributed by atoms with Crippen LogP contribution >= 0.6 is 0 Å². The molecule has 4 rings (SSSR count). The van der Waals surface area contributed by atoms with Gasteiger partial charge < -0.3 is 25.2 Å². The van der Waals surface area contributed by atoms with E-state index in [4.69, 9.17) is 9.47 Å². The summed E-state index contributed by atoms with van der Waals surface area (Å²) < 4.78 is 11.6. The maximum absolute atomic E-state index is 13.4. The highest BCUT2D eigenvalue weighted by Crippen LogP contribution is 2.29. The zero-order valence-electron chi connectivity index (χ0n) is 23.6. The van der Waals surface area contributed by atoms with Gasteiger partial charge in [0, 0.05) is 6.42 Å². The molecule has 8 heteroatoms. The van der Waals surface area contributed by atoms with E-state index >= 15 is 0 Å². The molecule has 1 fully saturated rings. The number of benzene rings is 2. The summed E-state index contributed by atoms with van der Waals surface area (Å²) in [5, 5.41) is 15.9. The Hall–Kier alpha value is -3.49.